The summed E-state index contributed by atoms with van der Waals surface area (Å²) < 4.78 is 9.55. The van der Waals surface area contributed by atoms with Crippen LogP contribution in [0.4, 0.5) is 0 Å². The fourth-order valence-corrected chi connectivity index (χ4v) is 0.948. The first-order valence-corrected chi connectivity index (χ1v) is 4.51. The van der Waals surface area contributed by atoms with Gasteiger partial charge in [0.25, 0.3) is 0 Å². The molecule has 82 valence electrons. The summed E-state index contributed by atoms with van der Waals surface area (Å²) in [6, 6.07) is 6.72. The normalized spacial score (nSPS) is 8.56. The third-order valence-corrected chi connectivity index (χ3v) is 1.71. The quantitative estimate of drug-likeness (QED) is 0.427. The second-order valence-corrected chi connectivity index (χ2v) is 2.78. The molecule has 1 aromatic rings. The Morgan fingerprint density at radius 1 is 1.38 bits per heavy atom. The molecule has 0 aliphatic heterocycles. The number of methoxy groups -OCH3 is 1. The molecule has 4 heteroatoms. The van der Waals surface area contributed by atoms with E-state index in [0.29, 0.717) is 17.6 Å². The molecule has 0 fully saturated rings. The molecule has 0 atom stereocenters. The first-order valence-electron chi connectivity index (χ1n) is 4.51. The predicted octanol–water partition coefficient (Wildman–Crippen LogP) is 0.789. The van der Waals surface area contributed by atoms with Crippen LogP contribution in [0.3, 0.4) is 0 Å². The van der Waals surface area contributed by atoms with Gasteiger partial charge >= 0.3 is 5.97 Å². The van der Waals surface area contributed by atoms with Gasteiger partial charge in [-0.25, -0.2) is 4.79 Å². The molecule has 1 rings (SSSR count). The van der Waals surface area contributed by atoms with E-state index < -0.39 is 5.97 Å². The number of aldehydes is 1. The van der Waals surface area contributed by atoms with Gasteiger partial charge in [-0.05, 0) is 30.2 Å². The molecule has 4 nitrogen and oxygen atoms in total. The van der Waals surface area contributed by atoms with Gasteiger partial charge in [-0.3, -0.25) is 4.79 Å². The molecule has 0 bridgehead atoms. The van der Waals surface area contributed by atoms with Crippen molar-refractivity contribution in [3.05, 3.63) is 29.8 Å². The van der Waals surface area contributed by atoms with Crippen molar-refractivity contribution in [2.45, 2.75) is 0 Å². The molecule has 0 saturated heterocycles. The highest BCUT2D eigenvalue weighted by molar-refractivity contribution is 5.74. The largest absolute Gasteiger partial charge is 0.482 e. The molecule has 0 heterocycles. The zero-order valence-electron chi connectivity index (χ0n) is 8.73. The van der Waals surface area contributed by atoms with Crippen molar-refractivity contribution in [3.8, 4) is 17.6 Å². The molecule has 0 radical (unpaired) electrons. The number of ether oxygens (including phenoxy) is 2. The van der Waals surface area contributed by atoms with Crippen molar-refractivity contribution in [1.82, 2.24) is 0 Å². The van der Waals surface area contributed by atoms with Crippen LogP contribution in [0.15, 0.2) is 24.3 Å². The van der Waals surface area contributed by atoms with Crippen molar-refractivity contribution in [3.63, 3.8) is 0 Å². The van der Waals surface area contributed by atoms with Gasteiger partial charge in [-0.2, -0.15) is 0 Å². The molecule has 0 aliphatic carbocycles. The smallest absolute Gasteiger partial charge is 0.343 e. The van der Waals surface area contributed by atoms with E-state index in [0.717, 1.165) is 0 Å². The summed E-state index contributed by atoms with van der Waals surface area (Å²) in [7, 11) is 1.30. The van der Waals surface area contributed by atoms with Crippen molar-refractivity contribution < 1.29 is 19.1 Å². The maximum absolute atomic E-state index is 10.8. The third kappa shape index (κ3) is 3.84. The lowest BCUT2D eigenvalue weighted by molar-refractivity contribution is -0.142. The van der Waals surface area contributed by atoms with Crippen molar-refractivity contribution in [1.29, 1.82) is 0 Å². The average molecular weight is 218 g/mol. The zero-order valence-corrected chi connectivity index (χ0v) is 8.73. The first-order chi connectivity index (χ1) is 7.76. The summed E-state index contributed by atoms with van der Waals surface area (Å²) in [6.45, 7) is -0.129. The summed E-state index contributed by atoms with van der Waals surface area (Å²) >= 11 is 0. The molecule has 0 aromatic heterocycles. The molecule has 1 aromatic carbocycles. The van der Waals surface area contributed by atoms with E-state index in [4.69, 9.17) is 4.74 Å². The topological polar surface area (TPSA) is 52.6 Å². The van der Waals surface area contributed by atoms with Gasteiger partial charge in [0.1, 0.15) is 5.75 Å². The van der Waals surface area contributed by atoms with E-state index >= 15 is 0 Å². The van der Waals surface area contributed by atoms with Crippen molar-refractivity contribution in [2.75, 3.05) is 13.7 Å². The summed E-state index contributed by atoms with van der Waals surface area (Å²) in [6.07, 6.45) is 0.529. The van der Waals surface area contributed by atoms with Gasteiger partial charge in [0.15, 0.2) is 12.9 Å². The van der Waals surface area contributed by atoms with Crippen molar-refractivity contribution in [2.24, 2.45) is 0 Å². The van der Waals surface area contributed by atoms with Gasteiger partial charge in [-0.1, -0.05) is 5.92 Å². The Kier molecular flexibility index (Phi) is 4.61. The Balaban J connectivity index is 2.57. The zero-order chi connectivity index (χ0) is 11.8. The predicted molar refractivity (Wildman–Crippen MR) is 56.9 cm³/mol. The number of hydrogen-bond acceptors (Lipinski definition) is 4. The molecule has 0 amide bonds. The van der Waals surface area contributed by atoms with E-state index in [-0.39, 0.29) is 6.61 Å². The number of esters is 1. The number of rotatable bonds is 3. The minimum atomic E-state index is -0.440. The van der Waals surface area contributed by atoms with Crippen LogP contribution in [0.25, 0.3) is 0 Å². The second kappa shape index (κ2) is 6.25. The molecule has 0 aliphatic rings. The lowest BCUT2D eigenvalue weighted by atomic mass is 10.2. The summed E-state index contributed by atoms with van der Waals surface area (Å²) in [5.74, 6) is 5.03. The van der Waals surface area contributed by atoms with Crippen LogP contribution < -0.4 is 4.74 Å². The van der Waals surface area contributed by atoms with Gasteiger partial charge in [0, 0.05) is 5.56 Å². The Labute approximate surface area is 93.2 Å². The van der Waals surface area contributed by atoms with E-state index in [1.165, 1.54) is 7.11 Å². The fraction of sp³-hybridized carbons (Fsp3) is 0.167. The van der Waals surface area contributed by atoms with Crippen LogP contribution in [-0.4, -0.2) is 26.0 Å². The summed E-state index contributed by atoms with van der Waals surface area (Å²) in [5.41, 5.74) is 0.706. The maximum atomic E-state index is 10.8. The Hall–Kier alpha value is -2.28. The van der Waals surface area contributed by atoms with Crippen molar-refractivity contribution >= 4 is 12.3 Å². The minimum Gasteiger partial charge on any atom is -0.482 e. The molecular formula is C12H10O4. The van der Waals surface area contributed by atoms with Crippen LogP contribution in [0, 0.1) is 11.8 Å². The summed E-state index contributed by atoms with van der Waals surface area (Å²) in [4.78, 5) is 20.8. The standard InChI is InChI=1S/C12H10O4/c1-15-12(14)9-16-11-6-4-10(5-7-11)3-2-8-13/h4-8H,9H2,1H3. The molecule has 0 spiro atoms. The van der Waals surface area contributed by atoms with Gasteiger partial charge < -0.3 is 9.47 Å². The fourth-order valence-electron chi connectivity index (χ4n) is 0.948. The Bertz CT molecular complexity index is 423. The van der Waals surface area contributed by atoms with E-state index in [9.17, 15) is 9.59 Å². The Morgan fingerprint density at radius 3 is 2.62 bits per heavy atom. The highest BCUT2D eigenvalue weighted by Gasteiger charge is 2.00. The highest BCUT2D eigenvalue weighted by atomic mass is 16.6. The minimum absolute atomic E-state index is 0.129. The van der Waals surface area contributed by atoms with Gasteiger partial charge in [0.05, 0.1) is 7.11 Å². The number of hydrogen-bond donors (Lipinski definition) is 0. The molecule has 0 saturated carbocycles. The second-order valence-electron chi connectivity index (χ2n) is 2.78. The lowest BCUT2D eigenvalue weighted by Crippen LogP contribution is -2.12. The number of benzene rings is 1. The molecule has 0 unspecified atom stereocenters. The monoisotopic (exact) mass is 218 g/mol. The average Bonchev–Trinajstić information content (AvgIpc) is 2.34. The van der Waals surface area contributed by atoms with Crippen LogP contribution in [0.1, 0.15) is 5.56 Å². The Morgan fingerprint density at radius 2 is 2.06 bits per heavy atom. The maximum Gasteiger partial charge on any atom is 0.343 e. The molecule has 16 heavy (non-hydrogen) atoms. The van der Waals surface area contributed by atoms with Crippen LogP contribution in [0.2, 0.25) is 0 Å². The SMILES string of the molecule is COC(=O)COc1ccc(C#CC=O)cc1. The molecular weight excluding hydrogens is 208 g/mol. The third-order valence-electron chi connectivity index (χ3n) is 1.71. The number of carbonyl (C=O) groups excluding carboxylic acids is 2. The van der Waals surface area contributed by atoms with E-state index in [1.54, 1.807) is 24.3 Å². The lowest BCUT2D eigenvalue weighted by Gasteiger charge is -2.03. The summed E-state index contributed by atoms with van der Waals surface area (Å²) in [5, 5.41) is 0. The first kappa shape index (κ1) is 11.8. The van der Waals surface area contributed by atoms with E-state index in [1.807, 2.05) is 0 Å². The molecule has 0 N–H and O–H groups in total. The van der Waals surface area contributed by atoms with Gasteiger partial charge in [0.2, 0.25) is 0 Å². The van der Waals surface area contributed by atoms with Crippen LogP contribution >= 0.6 is 0 Å². The van der Waals surface area contributed by atoms with Gasteiger partial charge in [-0.15, -0.1) is 0 Å². The highest BCUT2D eigenvalue weighted by Crippen LogP contribution is 2.11. The van der Waals surface area contributed by atoms with Crippen LogP contribution in [-0.2, 0) is 14.3 Å². The van der Waals surface area contributed by atoms with Crippen LogP contribution in [0.5, 0.6) is 5.75 Å². The van der Waals surface area contributed by atoms with E-state index in [2.05, 4.69) is 16.6 Å². The number of carbonyl (C=O) groups is 2.